The molecule has 11 heteroatoms. The van der Waals surface area contributed by atoms with Gasteiger partial charge in [0.05, 0.1) is 21.9 Å². The van der Waals surface area contributed by atoms with Gasteiger partial charge in [-0.1, -0.05) is 25.2 Å². The minimum atomic E-state index is -0.528. The molecule has 0 bridgehead atoms. The molecule has 2 N–H and O–H groups in total. The molecule has 0 atom stereocenters. The van der Waals surface area contributed by atoms with Crippen LogP contribution in [0.4, 0.5) is 21.6 Å². The summed E-state index contributed by atoms with van der Waals surface area (Å²) in [4.78, 5) is 41.8. The third-order valence-electron chi connectivity index (χ3n) is 6.65. The number of anilines is 3. The lowest BCUT2D eigenvalue weighted by Crippen LogP contribution is -2.41. The molecule has 0 unspecified atom stereocenters. The smallest absolute Gasteiger partial charge is 0.336 e. The third-order valence-corrected chi connectivity index (χ3v) is 7.71. The molecule has 0 radical (unpaired) electrons. The maximum Gasteiger partial charge on any atom is 0.336 e. The number of pyridine rings is 1. The van der Waals surface area contributed by atoms with E-state index in [0.717, 1.165) is 0 Å². The molecule has 2 aromatic heterocycles. The number of nitrogens with one attached hydrogen (secondary N) is 2. The highest BCUT2D eigenvalue weighted by Gasteiger charge is 2.31. The zero-order chi connectivity index (χ0) is 27.3. The minimum absolute atomic E-state index is 0.111. The van der Waals surface area contributed by atoms with Gasteiger partial charge in [-0.2, -0.15) is 0 Å². The summed E-state index contributed by atoms with van der Waals surface area (Å²) in [5.74, 6) is -0.412. The van der Waals surface area contributed by atoms with Crippen LogP contribution in [0.5, 0.6) is 0 Å². The highest BCUT2D eigenvalue weighted by Crippen LogP contribution is 2.34. The van der Waals surface area contributed by atoms with Gasteiger partial charge in [-0.05, 0) is 85.2 Å². The molecule has 5 rings (SSSR count). The van der Waals surface area contributed by atoms with Crippen molar-refractivity contribution < 1.29 is 4.39 Å². The van der Waals surface area contributed by atoms with E-state index < -0.39 is 22.6 Å². The summed E-state index contributed by atoms with van der Waals surface area (Å²) >= 11 is 7.33. The summed E-state index contributed by atoms with van der Waals surface area (Å²) < 4.78 is 19.5. The molecule has 4 aromatic rings. The van der Waals surface area contributed by atoms with Crippen molar-refractivity contribution >= 4 is 67.9 Å². The monoisotopic (exact) mass is 645 g/mol. The molecular weight excluding hydrogens is 620 g/mol. The van der Waals surface area contributed by atoms with E-state index in [4.69, 9.17) is 12.2 Å². The van der Waals surface area contributed by atoms with Gasteiger partial charge < -0.3 is 10.6 Å². The van der Waals surface area contributed by atoms with Crippen molar-refractivity contribution in [2.24, 2.45) is 7.05 Å². The van der Waals surface area contributed by atoms with Gasteiger partial charge in [0.2, 0.25) is 0 Å². The van der Waals surface area contributed by atoms with Crippen molar-refractivity contribution in [1.29, 1.82) is 0 Å². The normalized spacial score (nSPS) is 13.1. The predicted molar refractivity (Wildman–Crippen MR) is 161 cm³/mol. The summed E-state index contributed by atoms with van der Waals surface area (Å²) in [5.41, 5.74) is 0.226. The molecule has 1 fully saturated rings. The fraction of sp³-hybridized carbons (Fsp3) is 0.259. The van der Waals surface area contributed by atoms with Gasteiger partial charge in [0.1, 0.15) is 17.0 Å². The topological polar surface area (TPSA) is 90.1 Å². The zero-order valence-electron chi connectivity index (χ0n) is 21.0. The van der Waals surface area contributed by atoms with E-state index in [1.54, 1.807) is 37.3 Å². The Morgan fingerprint density at radius 3 is 2.53 bits per heavy atom. The number of aryl methyl sites for hydroxylation is 1. The first-order valence-corrected chi connectivity index (χ1v) is 13.6. The van der Waals surface area contributed by atoms with Gasteiger partial charge in [-0.25, -0.2) is 9.18 Å². The first-order valence-electron chi connectivity index (χ1n) is 12.2. The molecule has 2 aromatic carbocycles. The number of nitrogens with zero attached hydrogens (tertiary/aromatic N) is 3. The van der Waals surface area contributed by atoms with Crippen LogP contribution in [0.25, 0.3) is 16.6 Å². The molecule has 8 nitrogen and oxygen atoms in total. The molecule has 0 spiro atoms. The summed E-state index contributed by atoms with van der Waals surface area (Å²) in [6.45, 7) is 3.53. The van der Waals surface area contributed by atoms with E-state index in [0.29, 0.717) is 39.2 Å². The number of fused-ring (bicyclic) bond motifs is 1. The summed E-state index contributed by atoms with van der Waals surface area (Å²) in [7, 11) is 1.52. The molecule has 0 aliphatic heterocycles. The Balaban J connectivity index is 1.88. The van der Waals surface area contributed by atoms with Crippen LogP contribution in [-0.4, -0.2) is 18.7 Å². The molecule has 196 valence electrons. The fourth-order valence-corrected chi connectivity index (χ4v) is 5.12. The number of rotatable bonds is 6. The zero-order valence-corrected chi connectivity index (χ0v) is 23.9. The maximum atomic E-state index is 14.8. The Kier molecular flexibility index (Phi) is 6.99. The van der Waals surface area contributed by atoms with Crippen LogP contribution in [0, 0.1) is 16.3 Å². The van der Waals surface area contributed by atoms with Crippen molar-refractivity contribution in [2.75, 3.05) is 10.6 Å². The van der Waals surface area contributed by atoms with Gasteiger partial charge in [0.25, 0.3) is 11.1 Å². The lowest BCUT2D eigenvalue weighted by Gasteiger charge is -2.21. The lowest BCUT2D eigenvalue weighted by atomic mass is 10.1. The molecule has 0 saturated heterocycles. The first-order chi connectivity index (χ1) is 18.1. The molecule has 1 aliphatic rings. The Bertz CT molecular complexity index is 1810. The Hall–Kier alpha value is -3.32. The van der Waals surface area contributed by atoms with Crippen molar-refractivity contribution in [3.8, 4) is 5.69 Å². The lowest BCUT2D eigenvalue weighted by molar-refractivity contribution is 0.630. The number of aromatic nitrogens is 3. The van der Waals surface area contributed by atoms with E-state index in [-0.39, 0.29) is 34.0 Å². The summed E-state index contributed by atoms with van der Waals surface area (Å²) in [6, 6.07) is 11.5. The van der Waals surface area contributed by atoms with E-state index >= 15 is 0 Å². The highest BCUT2D eigenvalue weighted by atomic mass is 127. The molecule has 2 heterocycles. The Morgan fingerprint density at radius 2 is 1.87 bits per heavy atom. The standard InChI is InChI=1S/C27H25FIN5O3S/c1-4-21(38)30-16-6-5-7-18(13-16)33-23-14(2)25(35)32(3)24(31-20-11-8-15(29)12-19(20)28)22(23)26(36)34(27(33)37)17-9-10-17/h5-8,11-13,17,31H,4,9-10H2,1-3H3,(H,30,38). The third kappa shape index (κ3) is 4.57. The second kappa shape index (κ2) is 10.1. The van der Waals surface area contributed by atoms with Gasteiger partial charge in [0.15, 0.2) is 0 Å². The van der Waals surface area contributed by atoms with Gasteiger partial charge in [-0.3, -0.25) is 23.3 Å². The van der Waals surface area contributed by atoms with E-state index in [1.807, 2.05) is 35.6 Å². The summed E-state index contributed by atoms with van der Waals surface area (Å²) in [6.07, 6.45) is 2.05. The van der Waals surface area contributed by atoms with Gasteiger partial charge >= 0.3 is 5.69 Å². The number of thiocarbonyl (C=S) groups is 1. The molecule has 1 aliphatic carbocycles. The average molecular weight is 645 g/mol. The van der Waals surface area contributed by atoms with Crippen LogP contribution in [0.2, 0.25) is 0 Å². The van der Waals surface area contributed by atoms with Crippen LogP contribution in [0.15, 0.2) is 56.8 Å². The highest BCUT2D eigenvalue weighted by molar-refractivity contribution is 14.1. The largest absolute Gasteiger partial charge is 0.350 e. The molecule has 38 heavy (non-hydrogen) atoms. The van der Waals surface area contributed by atoms with Gasteiger partial charge in [0, 0.05) is 27.9 Å². The Morgan fingerprint density at radius 1 is 1.13 bits per heavy atom. The van der Waals surface area contributed by atoms with Gasteiger partial charge in [-0.15, -0.1) is 0 Å². The summed E-state index contributed by atoms with van der Waals surface area (Å²) in [5, 5.41) is 6.26. The molecule has 1 saturated carbocycles. The van der Waals surface area contributed by atoms with Crippen molar-refractivity contribution in [3.05, 3.63) is 88.6 Å². The molecule has 0 amide bonds. The Labute approximate surface area is 236 Å². The molecular formula is C27H25FIN5O3S. The van der Waals surface area contributed by atoms with Crippen LogP contribution in [-0.2, 0) is 7.05 Å². The first kappa shape index (κ1) is 26.3. The quantitative estimate of drug-likeness (QED) is 0.223. The minimum Gasteiger partial charge on any atom is -0.350 e. The van der Waals surface area contributed by atoms with Crippen LogP contribution >= 0.6 is 34.8 Å². The number of benzene rings is 2. The van der Waals surface area contributed by atoms with Crippen molar-refractivity contribution in [1.82, 2.24) is 13.7 Å². The second-order valence-electron chi connectivity index (χ2n) is 9.29. The second-order valence-corrected chi connectivity index (χ2v) is 11.0. The van der Waals surface area contributed by atoms with Crippen LogP contribution in [0.3, 0.4) is 0 Å². The van der Waals surface area contributed by atoms with E-state index in [2.05, 4.69) is 10.6 Å². The SMILES string of the molecule is CCC(=S)Nc1cccc(-n2c(=O)n(C3CC3)c(=O)c3c(Nc4ccc(I)cc4F)n(C)c(=O)c(C)c32)c1. The van der Waals surface area contributed by atoms with Crippen LogP contribution in [0.1, 0.15) is 37.8 Å². The maximum absolute atomic E-state index is 14.8. The van der Waals surface area contributed by atoms with E-state index in [1.165, 1.54) is 26.8 Å². The fourth-order valence-electron chi connectivity index (χ4n) is 4.55. The van der Waals surface area contributed by atoms with Crippen LogP contribution < -0.4 is 27.4 Å². The van der Waals surface area contributed by atoms with Crippen molar-refractivity contribution in [2.45, 2.75) is 39.2 Å². The van der Waals surface area contributed by atoms with Crippen molar-refractivity contribution in [3.63, 3.8) is 0 Å². The number of hydrogen-bond acceptors (Lipinski definition) is 5. The average Bonchev–Trinajstić information content (AvgIpc) is 3.72. The number of halogens is 2. The van der Waals surface area contributed by atoms with E-state index in [9.17, 15) is 18.8 Å². The number of hydrogen-bond donors (Lipinski definition) is 2. The predicted octanol–water partition coefficient (Wildman–Crippen LogP) is 5.13.